The van der Waals surface area contributed by atoms with Crippen molar-refractivity contribution in [1.82, 2.24) is 0 Å². The Morgan fingerprint density at radius 2 is 1.50 bits per heavy atom. The van der Waals surface area contributed by atoms with E-state index < -0.39 is 7.25 Å². The minimum absolute atomic E-state index is 0.918. The van der Waals surface area contributed by atoms with E-state index in [0.717, 1.165) is 30.8 Å². The van der Waals surface area contributed by atoms with Gasteiger partial charge in [0, 0.05) is 5.56 Å². The van der Waals surface area contributed by atoms with Crippen LogP contribution in [0.15, 0.2) is 59.0 Å². The summed E-state index contributed by atoms with van der Waals surface area (Å²) in [6.07, 6.45) is 3.05. The van der Waals surface area contributed by atoms with E-state index in [4.69, 9.17) is 4.42 Å². The van der Waals surface area contributed by atoms with Crippen LogP contribution in [0.3, 0.4) is 0 Å². The fourth-order valence-electron chi connectivity index (χ4n) is 3.75. The third kappa shape index (κ3) is 4.43. The fraction of sp³-hybridized carbons (Fsp3) is 0.227. The van der Waals surface area contributed by atoms with Crippen molar-refractivity contribution in [2.75, 3.05) is 0 Å². The SMILES string of the molecule is CCc1[o+]c2c(c(-c3ccccc3)c1C)CCc1ccccc1-2.F[B-](F)(F)F. The molecular formula is C22H21BF4O. The molecule has 3 aromatic rings. The minimum atomic E-state index is -6.00. The molecule has 1 aliphatic carbocycles. The first-order valence-corrected chi connectivity index (χ1v) is 9.29. The summed E-state index contributed by atoms with van der Waals surface area (Å²) in [6, 6.07) is 19.4. The topological polar surface area (TPSA) is 11.3 Å². The van der Waals surface area contributed by atoms with E-state index in [1.54, 1.807) is 0 Å². The van der Waals surface area contributed by atoms with Crippen molar-refractivity contribution in [3.63, 3.8) is 0 Å². The van der Waals surface area contributed by atoms with Gasteiger partial charge in [0.25, 0.3) is 0 Å². The van der Waals surface area contributed by atoms with Crippen molar-refractivity contribution in [3.05, 3.63) is 77.0 Å². The van der Waals surface area contributed by atoms with Crippen molar-refractivity contribution in [1.29, 1.82) is 0 Å². The lowest BCUT2D eigenvalue weighted by Gasteiger charge is -2.18. The molecule has 0 unspecified atom stereocenters. The van der Waals surface area contributed by atoms with Crippen molar-refractivity contribution < 1.29 is 21.7 Å². The maximum atomic E-state index is 9.75. The van der Waals surface area contributed by atoms with E-state index in [1.165, 1.54) is 33.4 Å². The number of benzene rings is 2. The quantitative estimate of drug-likeness (QED) is 0.257. The number of hydrogen-bond acceptors (Lipinski definition) is 0. The maximum Gasteiger partial charge on any atom is 0.673 e. The van der Waals surface area contributed by atoms with Crippen LogP contribution in [0.1, 0.15) is 29.4 Å². The Kier molecular flexibility index (Phi) is 5.87. The molecule has 2 aromatic carbocycles. The van der Waals surface area contributed by atoms with Gasteiger partial charge in [-0.3, -0.25) is 0 Å². The van der Waals surface area contributed by atoms with Gasteiger partial charge in [0.05, 0.1) is 23.1 Å². The zero-order valence-electron chi connectivity index (χ0n) is 15.8. The highest BCUT2D eigenvalue weighted by Gasteiger charge is 2.32. The van der Waals surface area contributed by atoms with Crippen LogP contribution >= 0.6 is 0 Å². The summed E-state index contributed by atoms with van der Waals surface area (Å²) in [5.41, 5.74) is 7.99. The van der Waals surface area contributed by atoms with Gasteiger partial charge in [-0.25, -0.2) is 4.42 Å². The lowest BCUT2D eigenvalue weighted by molar-refractivity contribution is 0.368. The van der Waals surface area contributed by atoms with E-state index in [0.29, 0.717) is 0 Å². The summed E-state index contributed by atoms with van der Waals surface area (Å²) in [6.45, 7) is 4.37. The van der Waals surface area contributed by atoms with Gasteiger partial charge < -0.3 is 17.3 Å². The van der Waals surface area contributed by atoms with Gasteiger partial charge in [-0.1, -0.05) is 55.5 Å². The molecule has 0 saturated heterocycles. The lowest BCUT2D eigenvalue weighted by Crippen LogP contribution is -2.08. The molecule has 28 heavy (non-hydrogen) atoms. The van der Waals surface area contributed by atoms with Crippen LogP contribution in [-0.4, -0.2) is 7.25 Å². The van der Waals surface area contributed by atoms with E-state index >= 15 is 0 Å². The second kappa shape index (κ2) is 8.17. The van der Waals surface area contributed by atoms with Crippen LogP contribution in [0.2, 0.25) is 0 Å². The van der Waals surface area contributed by atoms with E-state index in [-0.39, 0.29) is 0 Å². The van der Waals surface area contributed by atoms with Crippen LogP contribution in [0.5, 0.6) is 0 Å². The smallest absolute Gasteiger partial charge is 0.418 e. The molecular weight excluding hydrogens is 367 g/mol. The van der Waals surface area contributed by atoms with Gasteiger partial charge in [-0.05, 0) is 37.0 Å². The Morgan fingerprint density at radius 3 is 2.14 bits per heavy atom. The number of fused-ring (bicyclic) bond motifs is 3. The fourth-order valence-corrected chi connectivity index (χ4v) is 3.75. The second-order valence-corrected chi connectivity index (χ2v) is 6.70. The Balaban J connectivity index is 0.000000403. The molecule has 0 aliphatic heterocycles. The molecule has 0 amide bonds. The highest BCUT2D eigenvalue weighted by atomic mass is 19.5. The summed E-state index contributed by atoms with van der Waals surface area (Å²) in [4.78, 5) is 0. The minimum Gasteiger partial charge on any atom is -0.418 e. The summed E-state index contributed by atoms with van der Waals surface area (Å²) in [5, 5.41) is 0. The molecule has 0 radical (unpaired) electrons. The van der Waals surface area contributed by atoms with Crippen LogP contribution in [-0.2, 0) is 19.3 Å². The molecule has 1 aliphatic rings. The lowest BCUT2D eigenvalue weighted by atomic mass is 9.84. The average Bonchev–Trinajstić information content (AvgIpc) is 2.66. The molecule has 0 fully saturated rings. The molecule has 1 nitrogen and oxygen atoms in total. The Morgan fingerprint density at radius 1 is 0.893 bits per heavy atom. The van der Waals surface area contributed by atoms with Crippen molar-refractivity contribution in [3.8, 4) is 22.5 Å². The van der Waals surface area contributed by atoms with E-state index in [2.05, 4.69) is 68.4 Å². The first-order chi connectivity index (χ1) is 13.3. The number of aryl methyl sites for hydroxylation is 2. The highest BCUT2D eigenvalue weighted by molar-refractivity contribution is 6.50. The number of hydrogen-bond donors (Lipinski definition) is 0. The van der Waals surface area contributed by atoms with Gasteiger partial charge in [-0.2, -0.15) is 0 Å². The molecule has 0 spiro atoms. The first kappa shape index (κ1) is 20.1. The van der Waals surface area contributed by atoms with Crippen molar-refractivity contribution in [2.24, 2.45) is 0 Å². The monoisotopic (exact) mass is 388 g/mol. The molecule has 0 atom stereocenters. The largest absolute Gasteiger partial charge is 0.673 e. The first-order valence-electron chi connectivity index (χ1n) is 9.29. The molecule has 146 valence electrons. The predicted octanol–water partition coefficient (Wildman–Crippen LogP) is 7.16. The van der Waals surface area contributed by atoms with Crippen molar-refractivity contribution in [2.45, 2.75) is 33.1 Å². The molecule has 1 heterocycles. The molecule has 1 aromatic heterocycles. The third-order valence-corrected chi connectivity index (χ3v) is 4.88. The number of rotatable bonds is 2. The summed E-state index contributed by atoms with van der Waals surface area (Å²) in [5.74, 6) is 2.17. The van der Waals surface area contributed by atoms with E-state index in [1.807, 2.05) is 0 Å². The van der Waals surface area contributed by atoms with Crippen LogP contribution in [0.4, 0.5) is 17.3 Å². The van der Waals surface area contributed by atoms with Crippen LogP contribution in [0.25, 0.3) is 22.5 Å². The molecule has 4 rings (SSSR count). The predicted molar refractivity (Wildman–Crippen MR) is 106 cm³/mol. The summed E-state index contributed by atoms with van der Waals surface area (Å²) < 4.78 is 45.4. The molecule has 0 bridgehead atoms. The van der Waals surface area contributed by atoms with Gasteiger partial charge in [0.1, 0.15) is 0 Å². The zero-order chi connectivity index (χ0) is 20.3. The number of halogens is 4. The van der Waals surface area contributed by atoms with Gasteiger partial charge in [0.15, 0.2) is 0 Å². The molecule has 6 heteroatoms. The Labute approximate surface area is 162 Å². The van der Waals surface area contributed by atoms with Gasteiger partial charge >= 0.3 is 18.8 Å². The standard InChI is InChI=1S/C22H21O.BF4/c1-3-20-15(2)21(17-10-5-4-6-11-17)19-14-13-16-9-7-8-12-18(16)22(19)23-20;2-1(3,4)5/h4-12H,3,13-14H2,1-2H3;/q+1;-1. The van der Waals surface area contributed by atoms with Gasteiger partial charge in [-0.15, -0.1) is 0 Å². The van der Waals surface area contributed by atoms with E-state index in [9.17, 15) is 17.3 Å². The normalized spacial score (nSPS) is 12.5. The van der Waals surface area contributed by atoms with Crippen molar-refractivity contribution >= 4 is 7.25 Å². The Bertz CT molecular complexity index is 962. The zero-order valence-corrected chi connectivity index (χ0v) is 15.8. The highest BCUT2D eigenvalue weighted by Crippen LogP contribution is 2.41. The average molecular weight is 388 g/mol. The summed E-state index contributed by atoms with van der Waals surface area (Å²) in [7, 11) is -6.00. The second-order valence-electron chi connectivity index (χ2n) is 6.70. The summed E-state index contributed by atoms with van der Waals surface area (Å²) >= 11 is 0. The third-order valence-electron chi connectivity index (χ3n) is 4.88. The van der Waals surface area contributed by atoms with Crippen LogP contribution < -0.4 is 0 Å². The Hall–Kier alpha value is -2.63. The molecule has 0 N–H and O–H groups in total. The van der Waals surface area contributed by atoms with Gasteiger partial charge in [0.2, 0.25) is 0 Å². The van der Waals surface area contributed by atoms with Crippen LogP contribution in [0, 0.1) is 6.92 Å². The molecule has 0 saturated carbocycles. The maximum absolute atomic E-state index is 9.75.